The summed E-state index contributed by atoms with van der Waals surface area (Å²) in [7, 11) is 0. The minimum absolute atomic E-state index is 0.0701. The summed E-state index contributed by atoms with van der Waals surface area (Å²) in [6, 6.07) is 18.0. The molecule has 0 bridgehead atoms. The molecule has 5 rings (SSSR count). The van der Waals surface area contributed by atoms with Crippen molar-refractivity contribution in [1.29, 1.82) is 0 Å². The van der Waals surface area contributed by atoms with Crippen molar-refractivity contribution in [3.63, 3.8) is 0 Å². The van der Waals surface area contributed by atoms with Crippen molar-refractivity contribution in [2.45, 2.75) is 31.2 Å². The highest BCUT2D eigenvalue weighted by molar-refractivity contribution is 7.09. The third kappa shape index (κ3) is 4.47. The number of likely N-dealkylation sites (tertiary alicyclic amines) is 1. The van der Waals surface area contributed by atoms with E-state index in [-0.39, 0.29) is 17.9 Å². The van der Waals surface area contributed by atoms with Crippen LogP contribution in [0.15, 0.2) is 72.2 Å². The number of halogens is 2. The number of nitrogens with zero attached hydrogens (tertiary/aromatic N) is 4. The fourth-order valence-electron chi connectivity index (χ4n) is 4.29. The van der Waals surface area contributed by atoms with E-state index in [4.69, 9.17) is 11.6 Å². The highest BCUT2D eigenvalue weighted by atomic mass is 35.5. The van der Waals surface area contributed by atoms with Crippen molar-refractivity contribution >= 4 is 22.9 Å². The van der Waals surface area contributed by atoms with Crippen LogP contribution in [0.3, 0.4) is 0 Å². The van der Waals surface area contributed by atoms with Gasteiger partial charge in [0.15, 0.2) is 0 Å². The van der Waals surface area contributed by atoms with Crippen molar-refractivity contribution in [2.75, 3.05) is 6.54 Å². The van der Waals surface area contributed by atoms with Gasteiger partial charge in [-0.15, -0.1) is 16.4 Å². The molecule has 1 saturated heterocycles. The summed E-state index contributed by atoms with van der Waals surface area (Å²) in [5.74, 6) is -0.290. The molecule has 0 radical (unpaired) electrons. The lowest BCUT2D eigenvalue weighted by molar-refractivity contribution is -0.0105. The third-order valence-electron chi connectivity index (χ3n) is 5.96. The Hall–Kier alpha value is -2.58. The normalized spacial score (nSPS) is 21.7. The van der Waals surface area contributed by atoms with Crippen molar-refractivity contribution in [3.8, 4) is 11.3 Å². The molecular formula is C24H22ClFN4OS. The minimum atomic E-state index is -0.585. The average molecular weight is 469 g/mol. The Morgan fingerprint density at radius 2 is 1.88 bits per heavy atom. The van der Waals surface area contributed by atoms with Gasteiger partial charge in [-0.2, -0.15) is 0 Å². The molecule has 0 saturated carbocycles. The van der Waals surface area contributed by atoms with Crippen molar-refractivity contribution in [1.82, 2.24) is 19.9 Å². The monoisotopic (exact) mass is 468 g/mol. The minimum Gasteiger partial charge on any atom is -0.391 e. The average Bonchev–Trinajstić information content (AvgIpc) is 3.48. The van der Waals surface area contributed by atoms with Gasteiger partial charge in [-0.05, 0) is 59.8 Å². The van der Waals surface area contributed by atoms with Crippen molar-refractivity contribution in [2.24, 2.45) is 0 Å². The largest absolute Gasteiger partial charge is 0.391 e. The SMILES string of the molecule is O[C@H]1C[C@H](c2ccc(Cl)cc2)N(Cc2cccs2)C[C@H]1n1cc(-c2ccc(F)cc2)nn1. The second-order valence-corrected chi connectivity index (χ2v) is 9.51. The molecule has 0 amide bonds. The molecule has 1 N–H and O–H groups in total. The van der Waals surface area contributed by atoms with Gasteiger partial charge in [0, 0.05) is 34.6 Å². The number of hydrogen-bond acceptors (Lipinski definition) is 5. The lowest BCUT2D eigenvalue weighted by Gasteiger charge is -2.42. The van der Waals surface area contributed by atoms with Crippen LogP contribution in [0, 0.1) is 5.82 Å². The Labute approximate surface area is 194 Å². The summed E-state index contributed by atoms with van der Waals surface area (Å²) in [6.07, 6.45) is 1.81. The first-order valence-electron chi connectivity index (χ1n) is 10.4. The summed E-state index contributed by atoms with van der Waals surface area (Å²) in [5, 5.41) is 22.4. The van der Waals surface area contributed by atoms with E-state index in [2.05, 4.69) is 32.7 Å². The second kappa shape index (κ2) is 9.11. The molecule has 3 atom stereocenters. The number of aromatic nitrogens is 3. The molecule has 1 fully saturated rings. The number of piperidine rings is 1. The van der Waals surface area contributed by atoms with Gasteiger partial charge in [0.2, 0.25) is 0 Å². The fraction of sp³-hybridized carbons (Fsp3) is 0.250. The van der Waals surface area contributed by atoms with E-state index in [1.165, 1.54) is 17.0 Å². The zero-order chi connectivity index (χ0) is 22.1. The van der Waals surface area contributed by atoms with E-state index in [1.54, 1.807) is 28.2 Å². The van der Waals surface area contributed by atoms with Crippen LogP contribution in [0.1, 0.15) is 28.9 Å². The maximum absolute atomic E-state index is 13.3. The highest BCUT2D eigenvalue weighted by Gasteiger charge is 2.37. The Morgan fingerprint density at radius 3 is 2.59 bits per heavy atom. The van der Waals surface area contributed by atoms with E-state index < -0.39 is 6.10 Å². The van der Waals surface area contributed by atoms with E-state index in [0.717, 1.165) is 17.7 Å². The van der Waals surface area contributed by atoms with Crippen LogP contribution in [-0.4, -0.2) is 37.6 Å². The van der Waals surface area contributed by atoms with Crippen LogP contribution in [0.4, 0.5) is 4.39 Å². The molecule has 3 heterocycles. The molecule has 5 nitrogen and oxygen atoms in total. The molecule has 2 aromatic carbocycles. The summed E-state index contributed by atoms with van der Waals surface area (Å²) in [5.41, 5.74) is 2.58. The smallest absolute Gasteiger partial charge is 0.123 e. The van der Waals surface area contributed by atoms with Gasteiger partial charge in [0.25, 0.3) is 0 Å². The van der Waals surface area contributed by atoms with Crippen LogP contribution in [0.25, 0.3) is 11.3 Å². The van der Waals surface area contributed by atoms with Gasteiger partial charge >= 0.3 is 0 Å². The molecule has 1 aliphatic rings. The molecule has 0 aliphatic carbocycles. The standard InChI is InChI=1S/C24H22ClFN4OS/c25-18-7-3-17(4-8-18)22-12-24(31)23(15-29(22)13-20-2-1-11-32-20)30-14-21(27-28-30)16-5-9-19(26)10-6-16/h1-11,14,22-24,31H,12-13,15H2/t22-,23-,24+/m1/s1. The number of hydrogen-bond donors (Lipinski definition) is 1. The van der Waals surface area contributed by atoms with E-state index in [1.807, 2.05) is 30.5 Å². The molecule has 8 heteroatoms. The first kappa shape index (κ1) is 21.3. The van der Waals surface area contributed by atoms with Gasteiger partial charge in [-0.3, -0.25) is 4.90 Å². The van der Waals surface area contributed by atoms with Crippen LogP contribution < -0.4 is 0 Å². The summed E-state index contributed by atoms with van der Waals surface area (Å²) in [6.45, 7) is 1.41. The van der Waals surface area contributed by atoms with Crippen LogP contribution in [-0.2, 0) is 6.54 Å². The van der Waals surface area contributed by atoms with Crippen molar-refractivity contribution < 1.29 is 9.50 Å². The van der Waals surface area contributed by atoms with Gasteiger partial charge in [-0.1, -0.05) is 35.0 Å². The molecule has 2 aromatic heterocycles. The van der Waals surface area contributed by atoms with Crippen LogP contribution >= 0.6 is 22.9 Å². The summed E-state index contributed by atoms with van der Waals surface area (Å²) in [4.78, 5) is 3.65. The Kier molecular flexibility index (Phi) is 6.06. The Morgan fingerprint density at radius 1 is 1.09 bits per heavy atom. The first-order valence-corrected chi connectivity index (χ1v) is 11.7. The Balaban J connectivity index is 1.42. The number of rotatable bonds is 5. The molecular weight excluding hydrogens is 447 g/mol. The van der Waals surface area contributed by atoms with E-state index >= 15 is 0 Å². The van der Waals surface area contributed by atoms with Gasteiger partial charge in [0.1, 0.15) is 11.5 Å². The third-order valence-corrected chi connectivity index (χ3v) is 7.07. The predicted molar refractivity (Wildman–Crippen MR) is 124 cm³/mol. The zero-order valence-corrected chi connectivity index (χ0v) is 18.8. The maximum Gasteiger partial charge on any atom is 0.123 e. The van der Waals surface area contributed by atoms with E-state index in [9.17, 15) is 9.50 Å². The van der Waals surface area contributed by atoms with Gasteiger partial charge < -0.3 is 5.11 Å². The highest BCUT2D eigenvalue weighted by Crippen LogP contribution is 2.37. The van der Waals surface area contributed by atoms with Crippen LogP contribution in [0.5, 0.6) is 0 Å². The van der Waals surface area contributed by atoms with Crippen molar-refractivity contribution in [3.05, 3.63) is 93.5 Å². The predicted octanol–water partition coefficient (Wildman–Crippen LogP) is 5.35. The topological polar surface area (TPSA) is 54.2 Å². The quantitative estimate of drug-likeness (QED) is 0.429. The lowest BCUT2D eigenvalue weighted by atomic mass is 9.90. The molecule has 0 spiro atoms. The number of aliphatic hydroxyl groups is 1. The molecule has 32 heavy (non-hydrogen) atoms. The number of thiophene rings is 1. The Bertz CT molecular complexity index is 1160. The van der Waals surface area contributed by atoms with Gasteiger partial charge in [0.05, 0.1) is 18.3 Å². The molecule has 164 valence electrons. The lowest BCUT2D eigenvalue weighted by Crippen LogP contribution is -2.45. The fourth-order valence-corrected chi connectivity index (χ4v) is 5.14. The molecule has 1 aliphatic heterocycles. The summed E-state index contributed by atoms with van der Waals surface area (Å²) >= 11 is 7.82. The number of benzene rings is 2. The van der Waals surface area contributed by atoms with E-state index in [0.29, 0.717) is 23.7 Å². The van der Waals surface area contributed by atoms with Gasteiger partial charge in [-0.25, -0.2) is 9.07 Å². The second-order valence-electron chi connectivity index (χ2n) is 8.04. The zero-order valence-electron chi connectivity index (χ0n) is 17.2. The summed E-state index contributed by atoms with van der Waals surface area (Å²) < 4.78 is 15.0. The number of aliphatic hydroxyl groups excluding tert-OH is 1. The maximum atomic E-state index is 13.3. The molecule has 0 unspecified atom stereocenters. The first-order chi connectivity index (χ1) is 15.6. The molecule has 4 aromatic rings. The van der Waals surface area contributed by atoms with Crippen LogP contribution in [0.2, 0.25) is 5.02 Å².